The van der Waals surface area contributed by atoms with Gasteiger partial charge in [0.05, 0.1) is 18.2 Å². The average Bonchev–Trinajstić information content (AvgIpc) is 3.25. The molecule has 1 aromatic carbocycles. The van der Waals surface area contributed by atoms with Crippen molar-refractivity contribution in [1.29, 1.82) is 0 Å². The largest absolute Gasteiger partial charge is 0.466 e. The van der Waals surface area contributed by atoms with Gasteiger partial charge < -0.3 is 4.74 Å². The van der Waals surface area contributed by atoms with Crippen molar-refractivity contribution in [3.8, 4) is 0 Å². The van der Waals surface area contributed by atoms with Crippen molar-refractivity contribution >= 4 is 35.0 Å². The molecule has 0 unspecified atom stereocenters. The summed E-state index contributed by atoms with van der Waals surface area (Å²) < 4.78 is 4.51. The lowest BCUT2D eigenvalue weighted by molar-refractivity contribution is -0.135. The van der Waals surface area contributed by atoms with Crippen LogP contribution in [0, 0.1) is 0 Å². The van der Waals surface area contributed by atoms with Crippen molar-refractivity contribution in [2.75, 3.05) is 20.2 Å². The smallest absolute Gasteiger partial charge is 0.331 e. The number of hydrogen-bond donors (Lipinski definition) is 1. The summed E-state index contributed by atoms with van der Waals surface area (Å²) in [6.45, 7) is 3.26. The van der Waals surface area contributed by atoms with Crippen molar-refractivity contribution in [3.05, 3.63) is 46.4 Å². The van der Waals surface area contributed by atoms with Crippen LogP contribution in [0.25, 0.3) is 0 Å². The molecule has 7 nitrogen and oxygen atoms in total. The minimum Gasteiger partial charge on any atom is -0.466 e. The third-order valence-electron chi connectivity index (χ3n) is 4.01. The lowest BCUT2D eigenvalue weighted by Crippen LogP contribution is -2.19. The Bertz CT molecular complexity index is 782. The number of esters is 1. The molecule has 0 spiro atoms. The predicted octanol–water partition coefficient (Wildman–Crippen LogP) is 1.89. The number of ether oxygens (including phenoxy) is 1. The zero-order valence-corrected chi connectivity index (χ0v) is 15.3. The van der Waals surface area contributed by atoms with Crippen molar-refractivity contribution < 1.29 is 14.3 Å². The van der Waals surface area contributed by atoms with Gasteiger partial charge in [-0.3, -0.25) is 15.0 Å². The van der Waals surface area contributed by atoms with Crippen molar-refractivity contribution in [3.63, 3.8) is 0 Å². The van der Waals surface area contributed by atoms with Crippen LogP contribution in [0.5, 0.6) is 0 Å². The number of hydrogen-bond acceptors (Lipinski definition) is 7. The molecule has 3 rings (SSSR count). The third kappa shape index (κ3) is 5.03. The average molecular weight is 372 g/mol. The number of carbonyl (C=O) groups is 2. The summed E-state index contributed by atoms with van der Waals surface area (Å²) in [5, 5.41) is 10.9. The second-order valence-corrected chi connectivity index (χ2v) is 7.00. The molecule has 2 heterocycles. The zero-order valence-electron chi connectivity index (χ0n) is 14.5. The van der Waals surface area contributed by atoms with Crippen molar-refractivity contribution in [2.45, 2.75) is 19.4 Å². The SMILES string of the molecule is COC(=O)/C=C1/S/C(=N\N=Cc2cccc(CN3CCCC3)c2)NC1=O. The van der Waals surface area contributed by atoms with E-state index in [1.54, 1.807) is 6.21 Å². The number of nitrogens with zero attached hydrogens (tertiary/aromatic N) is 3. The van der Waals surface area contributed by atoms with E-state index in [9.17, 15) is 9.59 Å². The lowest BCUT2D eigenvalue weighted by atomic mass is 10.1. The van der Waals surface area contributed by atoms with Gasteiger partial charge in [0.15, 0.2) is 5.17 Å². The summed E-state index contributed by atoms with van der Waals surface area (Å²) in [5.41, 5.74) is 2.20. The maximum absolute atomic E-state index is 11.7. The van der Waals surface area contributed by atoms with Gasteiger partial charge in [0.1, 0.15) is 0 Å². The minimum atomic E-state index is -0.581. The fourth-order valence-electron chi connectivity index (χ4n) is 2.76. The van der Waals surface area contributed by atoms with Gasteiger partial charge in [-0.15, -0.1) is 5.10 Å². The van der Waals surface area contributed by atoms with Gasteiger partial charge in [-0.2, -0.15) is 5.10 Å². The van der Waals surface area contributed by atoms with E-state index < -0.39 is 5.97 Å². The van der Waals surface area contributed by atoms with Crippen LogP contribution < -0.4 is 5.32 Å². The highest BCUT2D eigenvalue weighted by Gasteiger charge is 2.25. The Balaban J connectivity index is 1.61. The van der Waals surface area contributed by atoms with Crippen LogP contribution >= 0.6 is 11.8 Å². The van der Waals surface area contributed by atoms with Gasteiger partial charge in [-0.05, 0) is 54.9 Å². The van der Waals surface area contributed by atoms with Gasteiger partial charge in [0.25, 0.3) is 5.91 Å². The van der Waals surface area contributed by atoms with Crippen LogP contribution in [-0.2, 0) is 20.9 Å². The van der Waals surface area contributed by atoms with E-state index >= 15 is 0 Å². The molecule has 1 amide bonds. The van der Waals surface area contributed by atoms with E-state index in [1.165, 1.54) is 25.5 Å². The highest BCUT2D eigenvalue weighted by molar-refractivity contribution is 8.18. The molecule has 136 valence electrons. The second-order valence-electron chi connectivity index (χ2n) is 5.97. The number of thioether (sulfide) groups is 1. The summed E-state index contributed by atoms with van der Waals surface area (Å²) >= 11 is 1.05. The fourth-order valence-corrected chi connectivity index (χ4v) is 3.50. The molecule has 0 aliphatic carbocycles. The predicted molar refractivity (Wildman–Crippen MR) is 102 cm³/mol. The first-order chi connectivity index (χ1) is 12.6. The normalized spacial score (nSPS) is 21.0. The van der Waals surface area contributed by atoms with Crippen LogP contribution in [0.3, 0.4) is 0 Å². The summed E-state index contributed by atoms with van der Waals surface area (Å²) in [4.78, 5) is 25.6. The van der Waals surface area contributed by atoms with Crippen LogP contribution in [0.15, 0.2) is 45.4 Å². The maximum atomic E-state index is 11.7. The monoisotopic (exact) mass is 372 g/mol. The Hall–Kier alpha value is -2.45. The number of amidine groups is 1. The molecule has 1 aromatic rings. The Labute approximate surface area is 156 Å². The molecule has 0 bridgehead atoms. The van der Waals surface area contributed by atoms with Gasteiger partial charge in [0, 0.05) is 12.6 Å². The molecular formula is C18H20N4O3S. The van der Waals surface area contributed by atoms with E-state index in [0.29, 0.717) is 5.17 Å². The third-order valence-corrected chi connectivity index (χ3v) is 4.91. The van der Waals surface area contributed by atoms with Crippen molar-refractivity contribution in [1.82, 2.24) is 10.2 Å². The molecule has 0 atom stereocenters. The van der Waals surface area contributed by atoms with E-state index in [-0.39, 0.29) is 10.8 Å². The molecule has 2 saturated heterocycles. The first-order valence-corrected chi connectivity index (χ1v) is 9.17. The first-order valence-electron chi connectivity index (χ1n) is 8.35. The van der Waals surface area contributed by atoms with Gasteiger partial charge >= 0.3 is 5.97 Å². The van der Waals surface area contributed by atoms with E-state index in [2.05, 4.69) is 37.3 Å². The van der Waals surface area contributed by atoms with Crippen LogP contribution in [0.4, 0.5) is 0 Å². The van der Waals surface area contributed by atoms with Crippen molar-refractivity contribution in [2.24, 2.45) is 10.2 Å². The molecule has 26 heavy (non-hydrogen) atoms. The van der Waals surface area contributed by atoms with Crippen LogP contribution in [-0.4, -0.2) is 48.4 Å². The molecule has 2 aliphatic heterocycles. The molecule has 2 aliphatic rings. The Morgan fingerprint density at radius 3 is 2.96 bits per heavy atom. The van der Waals surface area contributed by atoms with E-state index in [4.69, 9.17) is 0 Å². The highest BCUT2D eigenvalue weighted by atomic mass is 32.2. The number of likely N-dealkylation sites (tertiary alicyclic amines) is 1. The van der Waals surface area contributed by atoms with E-state index in [1.807, 2.05) is 12.1 Å². The first kappa shape index (κ1) is 18.3. The highest BCUT2D eigenvalue weighted by Crippen LogP contribution is 2.23. The Morgan fingerprint density at radius 1 is 1.38 bits per heavy atom. The molecule has 0 radical (unpaired) electrons. The number of amides is 1. The number of rotatable bonds is 5. The molecule has 8 heteroatoms. The Morgan fingerprint density at radius 2 is 2.19 bits per heavy atom. The topological polar surface area (TPSA) is 83.4 Å². The summed E-state index contributed by atoms with van der Waals surface area (Å²) in [5.74, 6) is -0.968. The molecular weight excluding hydrogens is 352 g/mol. The van der Waals surface area contributed by atoms with Crippen LogP contribution in [0.1, 0.15) is 24.0 Å². The number of nitrogens with one attached hydrogen (secondary N) is 1. The summed E-state index contributed by atoms with van der Waals surface area (Å²) in [6, 6.07) is 8.16. The number of methoxy groups -OCH3 is 1. The minimum absolute atomic E-state index is 0.235. The zero-order chi connectivity index (χ0) is 18.4. The molecule has 2 fully saturated rings. The second kappa shape index (κ2) is 8.77. The number of benzene rings is 1. The quantitative estimate of drug-likeness (QED) is 0.369. The fraction of sp³-hybridized carbons (Fsp3) is 0.333. The van der Waals surface area contributed by atoms with Crippen LogP contribution in [0.2, 0.25) is 0 Å². The molecule has 0 saturated carbocycles. The number of carbonyl (C=O) groups excluding carboxylic acids is 2. The Kier molecular flexibility index (Phi) is 6.19. The standard InChI is InChI=1S/C18H20N4O3S/c1-25-16(23)10-15-17(24)20-18(26-15)21-19-11-13-5-4-6-14(9-13)12-22-7-2-3-8-22/h4-6,9-11H,2-3,7-8,12H2,1H3,(H,20,21,24)/b15-10+,19-11?. The summed E-state index contributed by atoms with van der Waals surface area (Å²) in [7, 11) is 1.26. The van der Waals surface area contributed by atoms with Gasteiger partial charge in [-0.25, -0.2) is 4.79 Å². The molecule has 0 aromatic heterocycles. The maximum Gasteiger partial charge on any atom is 0.331 e. The van der Waals surface area contributed by atoms with E-state index in [0.717, 1.165) is 43.0 Å². The van der Waals surface area contributed by atoms with Gasteiger partial charge in [-0.1, -0.05) is 18.2 Å². The lowest BCUT2D eigenvalue weighted by Gasteiger charge is -2.14. The van der Waals surface area contributed by atoms with Gasteiger partial charge in [0.2, 0.25) is 0 Å². The molecule has 1 N–H and O–H groups in total. The summed E-state index contributed by atoms with van der Waals surface area (Å²) in [6.07, 6.45) is 5.33.